The van der Waals surface area contributed by atoms with E-state index in [2.05, 4.69) is 13.2 Å². The van der Waals surface area contributed by atoms with E-state index in [1.807, 2.05) is 60.7 Å². The van der Waals surface area contributed by atoms with Gasteiger partial charge in [-0.15, -0.1) is 0 Å². The Bertz CT molecular complexity index is 1090. The fourth-order valence-corrected chi connectivity index (χ4v) is 16.2. The van der Waals surface area contributed by atoms with Crippen molar-refractivity contribution in [3.8, 4) is 0 Å². The molecule has 0 aliphatic carbocycles. The van der Waals surface area contributed by atoms with E-state index in [1.54, 1.807) is 13.8 Å². The largest absolute Gasteiger partial charge is 0.492 e. The van der Waals surface area contributed by atoms with Gasteiger partial charge in [-0.3, -0.25) is 0 Å². The van der Waals surface area contributed by atoms with Crippen molar-refractivity contribution in [1.29, 1.82) is 0 Å². The van der Waals surface area contributed by atoms with Crippen molar-refractivity contribution in [2.24, 2.45) is 0 Å². The maximum absolute atomic E-state index is 11.9. The minimum atomic E-state index is -3.72. The quantitative estimate of drug-likeness (QED) is 0.0912. The van der Waals surface area contributed by atoms with Crippen molar-refractivity contribution in [2.45, 2.75) is 38.8 Å². The van der Waals surface area contributed by atoms with Gasteiger partial charge in [0.1, 0.15) is 0 Å². The first-order valence-corrected chi connectivity index (χ1v) is 19.6. The van der Waals surface area contributed by atoms with E-state index in [1.165, 1.54) is 28.4 Å². The summed E-state index contributed by atoms with van der Waals surface area (Å²) in [7, 11) is -4.52. The third kappa shape index (κ3) is 10.2. The second-order valence-corrected chi connectivity index (χ2v) is 19.2. The third-order valence-electron chi connectivity index (χ3n) is 6.57. The molecule has 2 rings (SSSR count). The smallest absolute Gasteiger partial charge is 0.462 e. The highest BCUT2D eigenvalue weighted by Gasteiger charge is 2.58. The fourth-order valence-electron chi connectivity index (χ4n) is 4.17. The molecule has 0 spiro atoms. The number of benzene rings is 2. The summed E-state index contributed by atoms with van der Waals surface area (Å²) in [5.41, 5.74) is 0.641. The molecular weight excluding hydrogens is 605 g/mol. The van der Waals surface area contributed by atoms with Crippen LogP contribution in [0.4, 0.5) is 0 Å². The second-order valence-electron chi connectivity index (χ2n) is 9.77. The van der Waals surface area contributed by atoms with Crippen molar-refractivity contribution >= 4 is 48.5 Å². The number of ether oxygens (including phenoxy) is 2. The Morgan fingerprint density at radius 1 is 0.605 bits per heavy atom. The number of esters is 2. The van der Waals surface area contributed by atoms with Gasteiger partial charge in [0.15, 0.2) is 0 Å². The molecule has 0 aliphatic rings. The highest BCUT2D eigenvalue weighted by molar-refractivity contribution is 7.00. The molecule has 0 bridgehead atoms. The molecule has 0 heterocycles. The Kier molecular flexibility index (Phi) is 14.9. The van der Waals surface area contributed by atoms with Crippen LogP contribution < -0.4 is 10.4 Å². The first kappa shape index (κ1) is 36.5. The molecule has 0 aromatic heterocycles. The number of hydrogen-bond donors (Lipinski definition) is 0. The van der Waals surface area contributed by atoms with E-state index in [0.717, 1.165) is 10.4 Å². The molecule has 0 fully saturated rings. The summed E-state index contributed by atoms with van der Waals surface area (Å²) in [6.07, 6.45) is 0.846. The Balaban J connectivity index is 2.56. The molecule has 0 atom stereocenters. The SMILES string of the molecule is C=C(C)C(=O)OCCC[Si](OC)(OC)O[Si](O[Si](CCCOC(=O)C(=C)C)(OC)OC)(c1ccccc1)c1ccccc1. The number of rotatable bonds is 20. The van der Waals surface area contributed by atoms with Crippen LogP contribution >= 0.6 is 0 Å². The molecule has 0 unspecified atom stereocenters. The maximum atomic E-state index is 11.9. The molecule has 2 aromatic carbocycles. The summed E-state index contributed by atoms with van der Waals surface area (Å²) >= 11 is 0. The molecular formula is C30H44O10Si3. The van der Waals surface area contributed by atoms with Gasteiger partial charge in [0.05, 0.1) is 13.2 Å². The van der Waals surface area contributed by atoms with Crippen molar-refractivity contribution in [2.75, 3.05) is 41.7 Å². The van der Waals surface area contributed by atoms with Crippen LogP contribution in [0.3, 0.4) is 0 Å². The van der Waals surface area contributed by atoms with Gasteiger partial charge in [-0.05, 0) is 37.1 Å². The highest BCUT2D eigenvalue weighted by Crippen LogP contribution is 2.28. The lowest BCUT2D eigenvalue weighted by atomic mass is 10.4. The lowest BCUT2D eigenvalue weighted by molar-refractivity contribution is -0.139. The zero-order valence-electron chi connectivity index (χ0n) is 26.0. The van der Waals surface area contributed by atoms with Gasteiger partial charge in [0.2, 0.25) is 0 Å². The van der Waals surface area contributed by atoms with E-state index in [9.17, 15) is 9.59 Å². The average Bonchev–Trinajstić information content (AvgIpc) is 3.03. The predicted molar refractivity (Wildman–Crippen MR) is 170 cm³/mol. The Labute approximate surface area is 258 Å². The lowest BCUT2D eigenvalue weighted by Gasteiger charge is -2.42. The monoisotopic (exact) mass is 648 g/mol. The standard InChI is InChI=1S/C30H44O10Si3/c1-25(2)29(31)37-21-15-23-41(33-5,34-6)39-43(27-17-11-9-12-18-27,28-19-13-10-14-20-28)40-42(35-7,36-8)24-16-22-38-30(32)26(3)4/h9-14,17-20H,1,3,15-16,21-24H2,2,4-8H3. The summed E-state index contributed by atoms with van der Waals surface area (Å²) in [6, 6.07) is 19.9. The van der Waals surface area contributed by atoms with E-state index in [-0.39, 0.29) is 13.2 Å². The third-order valence-corrected chi connectivity index (χ3v) is 18.0. The van der Waals surface area contributed by atoms with Crippen LogP contribution in [0, 0.1) is 0 Å². The van der Waals surface area contributed by atoms with Crippen molar-refractivity contribution < 1.29 is 45.0 Å². The molecule has 43 heavy (non-hydrogen) atoms. The van der Waals surface area contributed by atoms with E-state index < -0.39 is 38.1 Å². The second kappa shape index (κ2) is 17.5. The molecule has 0 aliphatic heterocycles. The summed E-state index contributed by atoms with van der Waals surface area (Å²) < 4.78 is 49.0. The first-order chi connectivity index (χ1) is 20.5. The van der Waals surface area contributed by atoms with E-state index in [0.29, 0.717) is 36.1 Å². The zero-order chi connectivity index (χ0) is 31.9. The molecule has 13 heteroatoms. The van der Waals surface area contributed by atoms with Gasteiger partial charge < -0.3 is 35.4 Å². The molecule has 0 N–H and O–H groups in total. The molecule has 236 valence electrons. The van der Waals surface area contributed by atoms with Crippen LogP contribution in [0.5, 0.6) is 0 Å². The van der Waals surface area contributed by atoms with E-state index in [4.69, 9.17) is 35.4 Å². The lowest BCUT2D eigenvalue weighted by Crippen LogP contribution is -2.73. The van der Waals surface area contributed by atoms with Gasteiger partial charge in [-0.1, -0.05) is 73.8 Å². The predicted octanol–water partition coefficient (Wildman–Crippen LogP) is 3.76. The van der Waals surface area contributed by atoms with Gasteiger partial charge in [-0.2, -0.15) is 0 Å². The van der Waals surface area contributed by atoms with Crippen molar-refractivity contribution in [3.05, 3.63) is 85.0 Å². The Morgan fingerprint density at radius 3 is 1.21 bits per heavy atom. The van der Waals surface area contributed by atoms with Crippen LogP contribution in [0.25, 0.3) is 0 Å². The van der Waals surface area contributed by atoms with Crippen LogP contribution in [-0.2, 0) is 45.0 Å². The van der Waals surface area contributed by atoms with Crippen LogP contribution in [0.15, 0.2) is 85.0 Å². The zero-order valence-corrected chi connectivity index (χ0v) is 29.0. The minimum absolute atomic E-state index is 0.139. The van der Waals surface area contributed by atoms with Crippen molar-refractivity contribution in [1.82, 2.24) is 0 Å². The topological polar surface area (TPSA) is 108 Å². The number of carbonyl (C=O) groups excluding carboxylic acids is 2. The molecule has 0 saturated heterocycles. The first-order valence-electron chi connectivity index (χ1n) is 13.9. The van der Waals surface area contributed by atoms with Gasteiger partial charge in [0.25, 0.3) is 0 Å². The molecule has 0 amide bonds. The molecule has 10 nitrogen and oxygen atoms in total. The Hall–Kier alpha value is -2.73. The molecule has 2 aromatic rings. The number of carbonyl (C=O) groups is 2. The summed E-state index contributed by atoms with van der Waals surface area (Å²) in [5, 5.41) is 1.58. The number of hydrogen-bond acceptors (Lipinski definition) is 10. The summed E-state index contributed by atoms with van der Waals surface area (Å²) in [6.45, 7) is 10.7. The van der Waals surface area contributed by atoms with Crippen molar-refractivity contribution in [3.63, 3.8) is 0 Å². The minimum Gasteiger partial charge on any atom is -0.462 e. The van der Waals surface area contributed by atoms with Gasteiger partial charge >= 0.3 is 38.1 Å². The molecule has 0 radical (unpaired) electrons. The van der Waals surface area contributed by atoms with Crippen LogP contribution in [0.2, 0.25) is 12.1 Å². The fraction of sp³-hybridized carbons (Fsp3) is 0.400. The van der Waals surface area contributed by atoms with Gasteiger partial charge in [0, 0.05) is 51.7 Å². The highest BCUT2D eigenvalue weighted by atomic mass is 28.5. The normalized spacial score (nSPS) is 12.0. The maximum Gasteiger partial charge on any atom is 0.492 e. The van der Waals surface area contributed by atoms with Crippen LogP contribution in [-0.4, -0.2) is 79.8 Å². The Morgan fingerprint density at radius 2 is 0.930 bits per heavy atom. The summed E-state index contributed by atoms with van der Waals surface area (Å²) in [5.74, 6) is -0.929. The summed E-state index contributed by atoms with van der Waals surface area (Å²) in [4.78, 5) is 23.9. The molecule has 0 saturated carbocycles. The average molecular weight is 649 g/mol. The van der Waals surface area contributed by atoms with Crippen LogP contribution in [0.1, 0.15) is 26.7 Å². The van der Waals surface area contributed by atoms with Gasteiger partial charge in [-0.25, -0.2) is 9.59 Å². The van der Waals surface area contributed by atoms with E-state index >= 15 is 0 Å².